The van der Waals surface area contributed by atoms with E-state index in [1.807, 2.05) is 6.92 Å². The third kappa shape index (κ3) is 4.63. The van der Waals surface area contributed by atoms with Gasteiger partial charge in [-0.1, -0.05) is 18.5 Å². The Labute approximate surface area is 134 Å². The lowest BCUT2D eigenvalue weighted by Gasteiger charge is -2.12. The summed E-state index contributed by atoms with van der Waals surface area (Å²) in [5, 5.41) is 3.34. The Morgan fingerprint density at radius 2 is 2.18 bits per heavy atom. The molecule has 0 aliphatic carbocycles. The number of rotatable bonds is 6. The topological polar surface area (TPSA) is 77.2 Å². The van der Waals surface area contributed by atoms with Crippen molar-refractivity contribution in [2.24, 2.45) is 0 Å². The number of hydrogen-bond acceptors (Lipinski definition) is 4. The van der Waals surface area contributed by atoms with Crippen molar-refractivity contribution in [1.82, 2.24) is 4.98 Å². The van der Waals surface area contributed by atoms with Gasteiger partial charge < -0.3 is 15.8 Å². The summed E-state index contributed by atoms with van der Waals surface area (Å²) in [5.74, 6) is 0.408. The van der Waals surface area contributed by atoms with Crippen molar-refractivity contribution >= 4 is 28.9 Å². The summed E-state index contributed by atoms with van der Waals surface area (Å²) < 4.78 is 5.60. The predicted octanol–water partition coefficient (Wildman–Crippen LogP) is 3.29. The van der Waals surface area contributed by atoms with Gasteiger partial charge in [-0.25, -0.2) is 0 Å². The molecule has 1 amide bonds. The number of aromatic nitrogens is 1. The Hall–Kier alpha value is -2.27. The van der Waals surface area contributed by atoms with E-state index in [9.17, 15) is 4.79 Å². The van der Waals surface area contributed by atoms with Crippen molar-refractivity contribution < 1.29 is 9.53 Å². The Kier molecular flexibility index (Phi) is 5.61. The number of carbonyl (C=O) groups is 1. The van der Waals surface area contributed by atoms with E-state index in [1.165, 1.54) is 6.20 Å². The first-order valence-corrected chi connectivity index (χ1v) is 7.39. The molecule has 0 aliphatic heterocycles. The molecule has 0 atom stereocenters. The lowest BCUT2D eigenvalue weighted by molar-refractivity contribution is -0.115. The molecule has 1 heterocycles. The number of nitrogens with one attached hydrogen (secondary N) is 1. The lowest BCUT2D eigenvalue weighted by atomic mass is 10.2. The predicted molar refractivity (Wildman–Crippen MR) is 88.2 cm³/mol. The summed E-state index contributed by atoms with van der Waals surface area (Å²) >= 11 is 5.98. The van der Waals surface area contributed by atoms with E-state index in [-0.39, 0.29) is 12.3 Å². The maximum Gasteiger partial charge on any atom is 0.230 e. The van der Waals surface area contributed by atoms with Crippen LogP contribution in [0.25, 0.3) is 0 Å². The fourth-order valence-corrected chi connectivity index (χ4v) is 2.01. The first kappa shape index (κ1) is 16.1. The summed E-state index contributed by atoms with van der Waals surface area (Å²) in [6.45, 7) is 2.59. The molecule has 0 bridgehead atoms. The number of carbonyl (C=O) groups excluding carboxylic acids is 1. The fourth-order valence-electron chi connectivity index (χ4n) is 1.84. The SMILES string of the molecule is CCCOc1ccc(Cl)cc1NC(=O)Cc1ccc(N)cn1. The number of halogens is 1. The van der Waals surface area contributed by atoms with Crippen molar-refractivity contribution in [2.45, 2.75) is 19.8 Å². The molecule has 5 nitrogen and oxygen atoms in total. The molecule has 0 saturated carbocycles. The second kappa shape index (κ2) is 7.66. The molecule has 0 aliphatic rings. The Morgan fingerprint density at radius 1 is 1.36 bits per heavy atom. The van der Waals surface area contributed by atoms with Crippen molar-refractivity contribution in [2.75, 3.05) is 17.7 Å². The standard InChI is InChI=1S/C16H18ClN3O2/c1-2-7-22-15-6-3-11(17)8-14(15)20-16(21)9-13-5-4-12(18)10-19-13/h3-6,8,10H,2,7,9,18H2,1H3,(H,20,21). The second-order valence-electron chi connectivity index (χ2n) is 4.80. The van der Waals surface area contributed by atoms with Crippen LogP contribution < -0.4 is 15.8 Å². The molecule has 1 aromatic carbocycles. The highest BCUT2D eigenvalue weighted by molar-refractivity contribution is 6.31. The Morgan fingerprint density at radius 3 is 2.86 bits per heavy atom. The van der Waals surface area contributed by atoms with E-state index >= 15 is 0 Å². The minimum atomic E-state index is -0.194. The number of amides is 1. The summed E-state index contributed by atoms with van der Waals surface area (Å²) in [6.07, 6.45) is 2.56. The van der Waals surface area contributed by atoms with Crippen LogP contribution in [0.4, 0.5) is 11.4 Å². The molecule has 1 aromatic heterocycles. The zero-order chi connectivity index (χ0) is 15.9. The molecule has 2 rings (SSSR count). The van der Waals surface area contributed by atoms with E-state index in [0.29, 0.717) is 34.4 Å². The van der Waals surface area contributed by atoms with Gasteiger partial charge in [0.15, 0.2) is 0 Å². The fraction of sp³-hybridized carbons (Fsp3) is 0.250. The van der Waals surface area contributed by atoms with Crippen LogP contribution in [0.1, 0.15) is 19.0 Å². The van der Waals surface area contributed by atoms with Gasteiger partial charge in [-0.3, -0.25) is 9.78 Å². The van der Waals surface area contributed by atoms with Crippen molar-refractivity contribution in [3.8, 4) is 5.75 Å². The molecule has 0 unspecified atom stereocenters. The van der Waals surface area contributed by atoms with Crippen LogP contribution in [0.3, 0.4) is 0 Å². The zero-order valence-electron chi connectivity index (χ0n) is 12.3. The van der Waals surface area contributed by atoms with Gasteiger partial charge in [0.05, 0.1) is 30.6 Å². The third-order valence-electron chi connectivity index (χ3n) is 2.87. The molecule has 22 heavy (non-hydrogen) atoms. The molecule has 0 fully saturated rings. The maximum absolute atomic E-state index is 12.1. The van der Waals surface area contributed by atoms with Crippen LogP contribution in [-0.4, -0.2) is 17.5 Å². The summed E-state index contributed by atoms with van der Waals surface area (Å²) in [4.78, 5) is 16.2. The maximum atomic E-state index is 12.1. The number of ether oxygens (including phenoxy) is 1. The van der Waals surface area contributed by atoms with Crippen molar-refractivity contribution in [3.63, 3.8) is 0 Å². The summed E-state index contributed by atoms with van der Waals surface area (Å²) in [5.41, 5.74) is 7.33. The van der Waals surface area contributed by atoms with Gasteiger partial charge in [-0.2, -0.15) is 0 Å². The highest BCUT2D eigenvalue weighted by Gasteiger charge is 2.10. The number of nitrogens with two attached hydrogens (primary N) is 1. The molecule has 2 aromatic rings. The molecule has 0 radical (unpaired) electrons. The van der Waals surface area contributed by atoms with E-state index in [0.717, 1.165) is 6.42 Å². The van der Waals surface area contributed by atoms with Gasteiger partial charge in [0.2, 0.25) is 5.91 Å². The molecule has 0 spiro atoms. The number of anilines is 2. The van der Waals surface area contributed by atoms with Gasteiger partial charge in [0.25, 0.3) is 0 Å². The zero-order valence-corrected chi connectivity index (χ0v) is 13.1. The van der Waals surface area contributed by atoms with Gasteiger partial charge in [0, 0.05) is 10.7 Å². The smallest absolute Gasteiger partial charge is 0.230 e. The second-order valence-corrected chi connectivity index (χ2v) is 5.23. The number of nitrogen functional groups attached to an aromatic ring is 1. The molecular weight excluding hydrogens is 302 g/mol. The molecule has 3 N–H and O–H groups in total. The number of hydrogen-bond donors (Lipinski definition) is 2. The van der Waals surface area contributed by atoms with Crippen LogP contribution in [-0.2, 0) is 11.2 Å². The van der Waals surface area contributed by atoms with Crippen LogP contribution in [0, 0.1) is 0 Å². The van der Waals surface area contributed by atoms with Gasteiger partial charge >= 0.3 is 0 Å². The molecule has 116 valence electrons. The first-order valence-electron chi connectivity index (χ1n) is 7.01. The Balaban J connectivity index is 2.06. The van der Waals surface area contributed by atoms with Crippen molar-refractivity contribution in [1.29, 1.82) is 0 Å². The third-order valence-corrected chi connectivity index (χ3v) is 3.10. The molecule has 0 saturated heterocycles. The highest BCUT2D eigenvalue weighted by atomic mass is 35.5. The van der Waals surface area contributed by atoms with Crippen LogP contribution in [0.5, 0.6) is 5.75 Å². The summed E-state index contributed by atoms with van der Waals surface area (Å²) in [6, 6.07) is 8.58. The summed E-state index contributed by atoms with van der Waals surface area (Å²) in [7, 11) is 0. The average molecular weight is 320 g/mol. The number of benzene rings is 1. The minimum absolute atomic E-state index is 0.153. The molecule has 6 heteroatoms. The lowest BCUT2D eigenvalue weighted by Crippen LogP contribution is -2.16. The highest BCUT2D eigenvalue weighted by Crippen LogP contribution is 2.28. The quantitative estimate of drug-likeness (QED) is 0.856. The van der Waals surface area contributed by atoms with E-state index in [4.69, 9.17) is 22.1 Å². The number of pyridine rings is 1. The van der Waals surface area contributed by atoms with E-state index in [2.05, 4.69) is 10.3 Å². The van der Waals surface area contributed by atoms with E-state index < -0.39 is 0 Å². The van der Waals surface area contributed by atoms with Gasteiger partial charge in [-0.15, -0.1) is 0 Å². The average Bonchev–Trinajstić information content (AvgIpc) is 2.49. The first-order chi connectivity index (χ1) is 10.6. The van der Waals surface area contributed by atoms with Crippen LogP contribution in [0.2, 0.25) is 5.02 Å². The van der Waals surface area contributed by atoms with Crippen LogP contribution >= 0.6 is 11.6 Å². The monoisotopic (exact) mass is 319 g/mol. The largest absolute Gasteiger partial charge is 0.491 e. The number of nitrogens with zero attached hydrogens (tertiary/aromatic N) is 1. The van der Waals surface area contributed by atoms with Gasteiger partial charge in [-0.05, 0) is 36.8 Å². The normalized spacial score (nSPS) is 10.3. The van der Waals surface area contributed by atoms with E-state index in [1.54, 1.807) is 30.3 Å². The minimum Gasteiger partial charge on any atom is -0.491 e. The molecular formula is C16H18ClN3O2. The Bertz CT molecular complexity index is 644. The van der Waals surface area contributed by atoms with Gasteiger partial charge in [0.1, 0.15) is 5.75 Å². The van der Waals surface area contributed by atoms with Crippen LogP contribution in [0.15, 0.2) is 36.5 Å². The van der Waals surface area contributed by atoms with Crippen molar-refractivity contribution in [3.05, 3.63) is 47.2 Å².